The van der Waals surface area contributed by atoms with E-state index in [0.29, 0.717) is 0 Å². The van der Waals surface area contributed by atoms with Gasteiger partial charge < -0.3 is 0 Å². The van der Waals surface area contributed by atoms with Crippen LogP contribution in [0.3, 0.4) is 0 Å². The average molecular weight is 652 g/mol. The first-order valence-corrected chi connectivity index (χ1v) is 13.8. The van der Waals surface area contributed by atoms with E-state index in [-0.39, 0.29) is 12.9 Å². The second-order valence-electron chi connectivity index (χ2n) is 7.89. The van der Waals surface area contributed by atoms with Crippen LogP contribution in [0, 0.1) is 7.14 Å². The van der Waals surface area contributed by atoms with E-state index in [9.17, 15) is 47.9 Å². The molecule has 35 heavy (non-hydrogen) atoms. The van der Waals surface area contributed by atoms with Crippen molar-refractivity contribution in [3.05, 3.63) is 61.7 Å². The van der Waals surface area contributed by atoms with Crippen LogP contribution < -0.4 is 4.74 Å². The topological polar surface area (TPSA) is 52.6 Å². The minimum absolute atomic E-state index is 0.0496. The monoisotopic (exact) mass is 652 g/mol. The van der Waals surface area contributed by atoms with Gasteiger partial charge in [-0.3, -0.25) is 0 Å². The van der Waals surface area contributed by atoms with Gasteiger partial charge in [-0.15, -0.1) is 0 Å². The molecule has 0 aromatic heterocycles. The Morgan fingerprint density at radius 1 is 0.686 bits per heavy atom. The molecule has 0 aliphatic heterocycles. The molecule has 0 unspecified atom stereocenters. The molecule has 0 aliphatic carbocycles. The molecule has 198 valence electrons. The Balaban J connectivity index is 2.54. The maximum absolute atomic E-state index is 14.2. The van der Waals surface area contributed by atoms with Crippen molar-refractivity contribution in [3.63, 3.8) is 0 Å². The third kappa shape index (κ3) is 5.98. The molecule has 2 rings (SSSR count). The molecule has 0 radical (unpaired) electrons. The van der Waals surface area contributed by atoms with Crippen LogP contribution in [-0.4, -0.2) is 37.3 Å². The van der Waals surface area contributed by atoms with Crippen molar-refractivity contribution in [3.8, 4) is 5.75 Å². The molecule has 0 bridgehead atoms. The first kappa shape index (κ1) is 29.5. The number of hydrogen-bond donors (Lipinski definition) is 0. The van der Waals surface area contributed by atoms with Crippen LogP contribution in [0.25, 0.3) is 0 Å². The van der Waals surface area contributed by atoms with Gasteiger partial charge in [0.05, 0.1) is 0 Å². The van der Waals surface area contributed by atoms with Crippen molar-refractivity contribution in [2.75, 3.05) is 0 Å². The Hall–Kier alpha value is -1.75. The summed E-state index contributed by atoms with van der Waals surface area (Å²) in [6.07, 6.45) is -7.17. The predicted molar refractivity (Wildman–Crippen MR) is 116 cm³/mol. The Labute approximate surface area is 202 Å². The third-order valence-corrected chi connectivity index (χ3v) is 11.3. The van der Waals surface area contributed by atoms with Gasteiger partial charge in [0.25, 0.3) is 0 Å². The number of halogens is 10. The predicted octanol–water partition coefficient (Wildman–Crippen LogP) is 7.10. The SMILES string of the molecule is CC(C)(C)Oc1ccc(I(OS(=O)(=O)C(F)(F)C(F)(F)C(F)(F)C(F)(F)F)c2ccccc2)cc1. The van der Waals surface area contributed by atoms with Crippen molar-refractivity contribution in [1.82, 2.24) is 0 Å². The molecule has 2 aromatic rings. The molecular formula is C20H18F9IO4S. The van der Waals surface area contributed by atoms with Gasteiger partial charge >= 0.3 is 203 Å². The van der Waals surface area contributed by atoms with Crippen molar-refractivity contribution < 1.29 is 55.2 Å². The van der Waals surface area contributed by atoms with Crippen LogP contribution in [-0.2, 0) is 12.6 Å². The molecule has 15 heteroatoms. The normalized spacial score (nSPS) is 14.6. The summed E-state index contributed by atoms with van der Waals surface area (Å²) in [5.41, 5.74) is -0.656. The van der Waals surface area contributed by atoms with Crippen molar-refractivity contribution >= 4 is 30.4 Å². The summed E-state index contributed by atoms with van der Waals surface area (Å²) in [6.45, 7) is 5.12. The summed E-state index contributed by atoms with van der Waals surface area (Å²) >= 11 is -4.13. The molecule has 0 amide bonds. The summed E-state index contributed by atoms with van der Waals surface area (Å²) in [4.78, 5) is 0. The van der Waals surface area contributed by atoms with Gasteiger partial charge in [0.1, 0.15) is 0 Å². The summed E-state index contributed by atoms with van der Waals surface area (Å²) in [5.74, 6) is -14.5. The van der Waals surface area contributed by atoms with E-state index in [1.54, 1.807) is 20.8 Å². The van der Waals surface area contributed by atoms with Crippen molar-refractivity contribution in [2.24, 2.45) is 0 Å². The van der Waals surface area contributed by atoms with Crippen LogP contribution in [0.5, 0.6) is 5.75 Å². The number of hydrogen-bond acceptors (Lipinski definition) is 4. The first-order chi connectivity index (χ1) is 15.6. The second-order valence-corrected chi connectivity index (χ2v) is 14.4. The molecule has 0 atom stereocenters. The van der Waals surface area contributed by atoms with Crippen molar-refractivity contribution in [1.29, 1.82) is 0 Å². The molecule has 0 spiro atoms. The van der Waals surface area contributed by atoms with Gasteiger partial charge in [-0.1, -0.05) is 0 Å². The molecule has 0 heterocycles. The summed E-state index contributed by atoms with van der Waals surface area (Å²) in [7, 11) is -7.02. The third-order valence-electron chi connectivity index (χ3n) is 3.94. The summed E-state index contributed by atoms with van der Waals surface area (Å²) < 4.78 is 154. The molecule has 0 fully saturated rings. The fourth-order valence-corrected chi connectivity index (χ4v) is 9.31. The minimum atomic E-state index is -7.38. The molecule has 0 N–H and O–H groups in total. The van der Waals surface area contributed by atoms with E-state index >= 15 is 0 Å². The van der Waals surface area contributed by atoms with Gasteiger partial charge in [0.2, 0.25) is 0 Å². The molecule has 0 saturated heterocycles. The zero-order valence-electron chi connectivity index (χ0n) is 18.0. The van der Waals surface area contributed by atoms with Gasteiger partial charge in [0, 0.05) is 0 Å². The van der Waals surface area contributed by atoms with E-state index in [1.165, 1.54) is 54.6 Å². The first-order valence-electron chi connectivity index (χ1n) is 9.33. The quantitative estimate of drug-likeness (QED) is 0.226. The zero-order chi connectivity index (χ0) is 27.1. The molecule has 2 aromatic carbocycles. The molecule has 4 nitrogen and oxygen atoms in total. The maximum atomic E-state index is 14.2. The van der Waals surface area contributed by atoms with Crippen LogP contribution in [0.2, 0.25) is 0 Å². The van der Waals surface area contributed by atoms with Crippen LogP contribution in [0.1, 0.15) is 20.8 Å². The molecular weight excluding hydrogens is 634 g/mol. The van der Waals surface area contributed by atoms with Crippen molar-refractivity contribution in [2.45, 2.75) is 49.6 Å². The average Bonchev–Trinajstić information content (AvgIpc) is 2.71. The Morgan fingerprint density at radius 2 is 1.14 bits per heavy atom. The van der Waals surface area contributed by atoms with E-state index < -0.39 is 59.2 Å². The number of ether oxygens (including phenoxy) is 1. The van der Waals surface area contributed by atoms with Crippen LogP contribution in [0.15, 0.2) is 54.6 Å². The van der Waals surface area contributed by atoms with Crippen LogP contribution >= 0.6 is 20.2 Å². The summed E-state index contributed by atoms with van der Waals surface area (Å²) in [5, 5.41) is -6.93. The molecule has 0 saturated carbocycles. The molecule has 0 aliphatic rings. The fraction of sp³-hybridized carbons (Fsp3) is 0.400. The Morgan fingerprint density at radius 3 is 1.57 bits per heavy atom. The van der Waals surface area contributed by atoms with E-state index in [1.807, 2.05) is 0 Å². The van der Waals surface area contributed by atoms with Gasteiger partial charge in [-0.05, 0) is 0 Å². The van der Waals surface area contributed by atoms with Gasteiger partial charge in [-0.2, -0.15) is 0 Å². The Bertz CT molecular complexity index is 1110. The van der Waals surface area contributed by atoms with Gasteiger partial charge in [0.15, 0.2) is 0 Å². The van der Waals surface area contributed by atoms with E-state index in [2.05, 4.69) is 2.51 Å². The van der Waals surface area contributed by atoms with Crippen LogP contribution in [0.4, 0.5) is 39.5 Å². The summed E-state index contributed by atoms with van der Waals surface area (Å²) in [6, 6.07) is 11.5. The number of alkyl halides is 9. The standard InChI is InChI=1S/C20H18F9IO4S/c1-16(2,3)33-15-11-9-14(10-12-15)30(13-7-5-4-6-8-13)34-35(31,32)20(28,29)18(23,24)17(21,22)19(25,26)27/h4-12H,1-3H3. The number of benzene rings is 2. The number of rotatable bonds is 8. The van der Waals surface area contributed by atoms with Gasteiger partial charge in [-0.25, -0.2) is 0 Å². The Kier molecular flexibility index (Phi) is 8.09. The fourth-order valence-electron chi connectivity index (χ4n) is 2.34. The second kappa shape index (κ2) is 9.61. The van der Waals surface area contributed by atoms with E-state index in [4.69, 9.17) is 4.74 Å². The zero-order valence-corrected chi connectivity index (χ0v) is 21.0. The van der Waals surface area contributed by atoms with E-state index in [0.717, 1.165) is 0 Å².